The molecule has 2 aromatic heterocycles. The maximum absolute atomic E-state index is 12.6. The number of carbonyl (C=O) groups excluding carboxylic acids is 1. The molecular formula is C29H39N5O3. The van der Waals surface area contributed by atoms with Crippen molar-refractivity contribution in [2.45, 2.75) is 78.6 Å². The first-order chi connectivity index (χ1) is 17.7. The molecule has 0 amide bonds. The summed E-state index contributed by atoms with van der Waals surface area (Å²) in [5, 5.41) is 8.46. The van der Waals surface area contributed by atoms with E-state index >= 15 is 0 Å². The van der Waals surface area contributed by atoms with Crippen molar-refractivity contribution in [2.75, 3.05) is 13.7 Å². The number of benzene rings is 1. The number of methoxy groups -OCH3 is 1. The molecule has 4 rings (SSSR count). The highest BCUT2D eigenvalue weighted by atomic mass is 16.5. The van der Waals surface area contributed by atoms with Gasteiger partial charge in [-0.25, -0.2) is 0 Å². The van der Waals surface area contributed by atoms with Gasteiger partial charge in [0.1, 0.15) is 11.4 Å². The number of ether oxygens (including phenoxy) is 2. The second-order valence-electron chi connectivity index (χ2n) is 10.7. The molecule has 8 nitrogen and oxygen atoms in total. The number of pyridine rings is 1. The van der Waals surface area contributed by atoms with Gasteiger partial charge in [0.15, 0.2) is 0 Å². The lowest BCUT2D eigenvalue weighted by atomic mass is 9.82. The first-order valence-electron chi connectivity index (χ1n) is 13.1. The fraction of sp³-hybridized carbons (Fsp3) is 0.517. The summed E-state index contributed by atoms with van der Waals surface area (Å²) in [7, 11) is 1.46. The number of fused-ring (bicyclic) bond motifs is 1. The number of hydrogen-bond donors (Lipinski definition) is 0. The summed E-state index contributed by atoms with van der Waals surface area (Å²) in [6.45, 7) is 13.5. The Kier molecular flexibility index (Phi) is 8.27. The third-order valence-electron chi connectivity index (χ3n) is 7.24. The number of rotatable bonds is 9. The molecule has 3 aromatic rings. The Morgan fingerprint density at radius 1 is 1.27 bits per heavy atom. The summed E-state index contributed by atoms with van der Waals surface area (Å²) in [6.07, 6.45) is 7.19. The Balaban J connectivity index is 1.59. The summed E-state index contributed by atoms with van der Waals surface area (Å²) in [4.78, 5) is 19.3. The lowest BCUT2D eigenvalue weighted by Gasteiger charge is -2.30. The molecule has 8 heteroatoms. The van der Waals surface area contributed by atoms with E-state index in [1.807, 2.05) is 37.0 Å². The average molecular weight is 506 g/mol. The van der Waals surface area contributed by atoms with Gasteiger partial charge < -0.3 is 9.47 Å². The molecule has 2 atom stereocenters. The van der Waals surface area contributed by atoms with Gasteiger partial charge in [-0.1, -0.05) is 30.3 Å². The highest BCUT2D eigenvalue weighted by Gasteiger charge is 2.30. The van der Waals surface area contributed by atoms with Gasteiger partial charge in [-0.15, -0.1) is 5.10 Å². The molecule has 1 aromatic carbocycles. The van der Waals surface area contributed by atoms with Gasteiger partial charge in [-0.3, -0.25) is 19.4 Å². The Bertz CT molecular complexity index is 1220. The first kappa shape index (κ1) is 26.8. The number of nitrogens with zero attached hydrogens (tertiary/aromatic N) is 5. The zero-order chi connectivity index (χ0) is 26.6. The molecule has 1 aliphatic heterocycles. The van der Waals surface area contributed by atoms with Crippen LogP contribution in [0, 0.1) is 12.8 Å². The van der Waals surface area contributed by atoms with Crippen LogP contribution in [-0.2, 0) is 35.6 Å². The van der Waals surface area contributed by atoms with Gasteiger partial charge in [0.25, 0.3) is 0 Å². The zero-order valence-electron chi connectivity index (χ0n) is 22.9. The van der Waals surface area contributed by atoms with E-state index < -0.39 is 0 Å². The lowest BCUT2D eigenvalue weighted by molar-refractivity contribution is -0.145. The van der Waals surface area contributed by atoms with Crippen LogP contribution in [0.5, 0.6) is 5.75 Å². The molecule has 2 unspecified atom stereocenters. The van der Waals surface area contributed by atoms with E-state index in [-0.39, 0.29) is 23.4 Å². The summed E-state index contributed by atoms with van der Waals surface area (Å²) in [5.41, 5.74) is 5.34. The van der Waals surface area contributed by atoms with Crippen molar-refractivity contribution < 1.29 is 14.3 Å². The molecule has 0 radical (unpaired) electrons. The van der Waals surface area contributed by atoms with Crippen molar-refractivity contribution in [3.63, 3.8) is 0 Å². The smallest absolute Gasteiger partial charge is 0.308 e. The molecular weight excluding hydrogens is 466 g/mol. The maximum Gasteiger partial charge on any atom is 0.308 e. The van der Waals surface area contributed by atoms with Gasteiger partial charge in [-0.2, -0.15) is 0 Å². The van der Waals surface area contributed by atoms with Crippen molar-refractivity contribution in [1.29, 1.82) is 0 Å². The second-order valence-corrected chi connectivity index (χ2v) is 10.7. The van der Waals surface area contributed by atoms with E-state index in [9.17, 15) is 4.79 Å². The predicted octanol–water partition coefficient (Wildman–Crippen LogP) is 4.70. The van der Waals surface area contributed by atoms with Crippen LogP contribution in [0.4, 0.5) is 0 Å². The van der Waals surface area contributed by atoms with Crippen LogP contribution in [-0.4, -0.2) is 50.1 Å². The van der Waals surface area contributed by atoms with Crippen LogP contribution < -0.4 is 4.74 Å². The van der Waals surface area contributed by atoms with E-state index in [4.69, 9.17) is 9.47 Å². The van der Waals surface area contributed by atoms with Crippen molar-refractivity contribution in [3.05, 3.63) is 70.8 Å². The predicted molar refractivity (Wildman–Crippen MR) is 142 cm³/mol. The highest BCUT2D eigenvalue weighted by Crippen LogP contribution is 2.33. The molecule has 0 saturated carbocycles. The van der Waals surface area contributed by atoms with Crippen molar-refractivity contribution in [1.82, 2.24) is 24.9 Å². The van der Waals surface area contributed by atoms with E-state index in [1.165, 1.54) is 18.2 Å². The van der Waals surface area contributed by atoms with Gasteiger partial charge in [-0.05, 0) is 69.2 Å². The number of carbonyl (C=O) groups is 1. The molecule has 3 heterocycles. The number of aryl methyl sites for hydroxylation is 3. The number of esters is 1. The van der Waals surface area contributed by atoms with Crippen molar-refractivity contribution in [3.8, 4) is 5.75 Å². The van der Waals surface area contributed by atoms with Crippen LogP contribution >= 0.6 is 0 Å². The number of hydrogen-bond acceptors (Lipinski definition) is 7. The molecule has 0 saturated heterocycles. The second kappa shape index (κ2) is 11.4. The summed E-state index contributed by atoms with van der Waals surface area (Å²) < 4.78 is 13.3. The van der Waals surface area contributed by atoms with Crippen molar-refractivity contribution in [2.24, 2.45) is 5.92 Å². The van der Waals surface area contributed by atoms with Crippen LogP contribution in [0.15, 0.2) is 42.9 Å². The van der Waals surface area contributed by atoms with E-state index in [2.05, 4.69) is 59.2 Å². The molecule has 0 bridgehead atoms. The minimum absolute atomic E-state index is 0.00686. The van der Waals surface area contributed by atoms with Gasteiger partial charge in [0.05, 0.1) is 18.7 Å². The van der Waals surface area contributed by atoms with Gasteiger partial charge in [0, 0.05) is 50.3 Å². The van der Waals surface area contributed by atoms with Crippen LogP contribution in [0.1, 0.15) is 68.0 Å². The van der Waals surface area contributed by atoms with E-state index in [0.29, 0.717) is 0 Å². The topological polar surface area (TPSA) is 82.4 Å². The Morgan fingerprint density at radius 2 is 2.08 bits per heavy atom. The minimum Gasteiger partial charge on any atom is -0.486 e. The molecule has 198 valence electrons. The average Bonchev–Trinajstić information content (AvgIpc) is 3.28. The minimum atomic E-state index is -0.323. The standard InChI is InChI=1S/C29H39N5O3/c1-7-34-18-25(31-32-34)10-11-26(21(3)28(35)36-6)22-9-8-20(2)23(14-22)16-33-17-24-15-30-13-12-27(24)37-29(4,5)19-33/h8-9,12-15,18,21,26H,7,10-11,16-17,19H2,1-6H3. The number of aromatic nitrogens is 4. The first-order valence-corrected chi connectivity index (χ1v) is 13.1. The van der Waals surface area contributed by atoms with Crippen LogP contribution in [0.3, 0.4) is 0 Å². The van der Waals surface area contributed by atoms with Gasteiger partial charge >= 0.3 is 5.97 Å². The van der Waals surface area contributed by atoms with Gasteiger partial charge in [0.2, 0.25) is 0 Å². The third-order valence-corrected chi connectivity index (χ3v) is 7.24. The maximum atomic E-state index is 12.6. The molecule has 0 N–H and O–H groups in total. The van der Waals surface area contributed by atoms with E-state index in [0.717, 1.165) is 61.6 Å². The van der Waals surface area contributed by atoms with E-state index in [1.54, 1.807) is 6.20 Å². The lowest BCUT2D eigenvalue weighted by Crippen LogP contribution is -2.40. The normalized spacial score (nSPS) is 16.8. The third kappa shape index (κ3) is 6.55. The summed E-state index contributed by atoms with van der Waals surface area (Å²) >= 11 is 0. The SMILES string of the molecule is CCn1cc(CCC(c2ccc(C)c(CN3Cc4cnccc4OC(C)(C)C3)c2)C(C)C(=O)OC)nn1. The highest BCUT2D eigenvalue weighted by molar-refractivity contribution is 5.73. The molecule has 0 fully saturated rings. The van der Waals surface area contributed by atoms with Crippen LogP contribution in [0.25, 0.3) is 0 Å². The fourth-order valence-corrected chi connectivity index (χ4v) is 5.21. The monoisotopic (exact) mass is 505 g/mol. The van der Waals surface area contributed by atoms with Crippen molar-refractivity contribution >= 4 is 5.97 Å². The molecule has 0 aliphatic carbocycles. The summed E-state index contributed by atoms with van der Waals surface area (Å²) in [6, 6.07) is 8.54. The molecule has 0 spiro atoms. The largest absolute Gasteiger partial charge is 0.486 e. The quantitative estimate of drug-likeness (QED) is 0.390. The Labute approximate surface area is 220 Å². The molecule has 1 aliphatic rings. The Morgan fingerprint density at radius 3 is 2.81 bits per heavy atom. The molecule has 37 heavy (non-hydrogen) atoms. The van der Waals surface area contributed by atoms with Crippen LogP contribution in [0.2, 0.25) is 0 Å². The fourth-order valence-electron chi connectivity index (χ4n) is 5.21. The Hall–Kier alpha value is -3.26. The zero-order valence-corrected chi connectivity index (χ0v) is 22.9. The summed E-state index contributed by atoms with van der Waals surface area (Å²) in [5.74, 6) is 0.442.